The minimum absolute atomic E-state index is 0.00246. The van der Waals surface area contributed by atoms with Crippen LogP contribution in [0.4, 0.5) is 13.2 Å². The summed E-state index contributed by atoms with van der Waals surface area (Å²) in [4.78, 5) is 55.3. The van der Waals surface area contributed by atoms with Gasteiger partial charge in [0.25, 0.3) is 5.91 Å². The summed E-state index contributed by atoms with van der Waals surface area (Å²) in [5.41, 5.74) is 0.870. The van der Waals surface area contributed by atoms with E-state index >= 15 is 0 Å². The van der Waals surface area contributed by atoms with Gasteiger partial charge in [-0.2, -0.15) is 13.2 Å². The Labute approximate surface area is 223 Å². The number of fused-ring (bicyclic) bond motifs is 2. The lowest BCUT2D eigenvalue weighted by Crippen LogP contribution is -2.56. The second-order valence-electron chi connectivity index (χ2n) is 9.72. The van der Waals surface area contributed by atoms with Crippen LogP contribution < -0.4 is 21.3 Å². The number of oxazole rings is 1. The van der Waals surface area contributed by atoms with Crippen molar-refractivity contribution in [3.63, 3.8) is 0 Å². The largest absolute Gasteiger partial charge is 0.446 e. The van der Waals surface area contributed by atoms with Crippen LogP contribution in [0.3, 0.4) is 0 Å². The van der Waals surface area contributed by atoms with Gasteiger partial charge >= 0.3 is 6.18 Å². The number of hydrogen-bond donors (Lipinski definition) is 4. The molecule has 1 aromatic carbocycles. The Morgan fingerprint density at radius 3 is 2.49 bits per heavy atom. The first-order chi connectivity index (χ1) is 18.4. The van der Waals surface area contributed by atoms with E-state index in [0.29, 0.717) is 12.8 Å². The highest BCUT2D eigenvalue weighted by Crippen LogP contribution is 2.21. The summed E-state index contributed by atoms with van der Waals surface area (Å²) >= 11 is 0. The van der Waals surface area contributed by atoms with E-state index in [2.05, 4.69) is 26.3 Å². The molecule has 2 heterocycles. The lowest BCUT2D eigenvalue weighted by atomic mass is 10.00. The maximum Gasteiger partial charge on any atom is 0.397 e. The molecule has 0 spiro atoms. The zero-order valence-corrected chi connectivity index (χ0v) is 21.6. The molecule has 2 bridgehead atoms. The maximum absolute atomic E-state index is 13.4. The van der Waals surface area contributed by atoms with Gasteiger partial charge in [0.2, 0.25) is 23.6 Å². The molecule has 0 aliphatic carbocycles. The highest BCUT2D eigenvalue weighted by molar-refractivity contribution is 5.93. The fourth-order valence-corrected chi connectivity index (χ4v) is 4.11. The molecule has 13 heteroatoms. The summed E-state index contributed by atoms with van der Waals surface area (Å²) in [5, 5.41) is 10.2. The Balaban J connectivity index is 1.88. The fourth-order valence-electron chi connectivity index (χ4n) is 4.11. The van der Waals surface area contributed by atoms with Gasteiger partial charge in [0, 0.05) is 13.0 Å². The van der Waals surface area contributed by atoms with E-state index in [0.717, 1.165) is 5.56 Å². The van der Waals surface area contributed by atoms with Crippen molar-refractivity contribution in [2.75, 3.05) is 6.54 Å². The molecular formula is C26H32F3N5O5. The van der Waals surface area contributed by atoms with Gasteiger partial charge in [-0.25, -0.2) is 4.98 Å². The first kappa shape index (κ1) is 29.7. The molecule has 4 N–H and O–H groups in total. The van der Waals surface area contributed by atoms with Crippen molar-refractivity contribution in [2.45, 2.75) is 70.3 Å². The monoisotopic (exact) mass is 551 g/mol. The number of benzene rings is 1. The van der Waals surface area contributed by atoms with Crippen LogP contribution in [0.15, 0.2) is 41.0 Å². The molecule has 10 nitrogen and oxygen atoms in total. The van der Waals surface area contributed by atoms with E-state index in [4.69, 9.17) is 4.42 Å². The summed E-state index contributed by atoms with van der Waals surface area (Å²) in [7, 11) is 0. The van der Waals surface area contributed by atoms with Gasteiger partial charge in [-0.15, -0.1) is 0 Å². The molecule has 0 fully saturated rings. The Morgan fingerprint density at radius 2 is 1.82 bits per heavy atom. The van der Waals surface area contributed by atoms with E-state index < -0.39 is 60.3 Å². The summed E-state index contributed by atoms with van der Waals surface area (Å²) < 4.78 is 43.7. The van der Waals surface area contributed by atoms with Crippen LogP contribution in [0.5, 0.6) is 0 Å². The number of aromatic nitrogens is 1. The third-order valence-corrected chi connectivity index (χ3v) is 6.12. The fraction of sp³-hybridized carbons (Fsp3) is 0.500. The predicted octanol–water partition coefficient (Wildman–Crippen LogP) is 2.57. The Bertz CT molecular complexity index is 1150. The number of nitrogens with zero attached hydrogens (tertiary/aromatic N) is 1. The average Bonchev–Trinajstić information content (AvgIpc) is 3.35. The molecule has 212 valence electrons. The second-order valence-corrected chi connectivity index (χ2v) is 9.72. The molecule has 1 aliphatic rings. The smallest absolute Gasteiger partial charge is 0.397 e. The van der Waals surface area contributed by atoms with E-state index in [1.54, 1.807) is 13.8 Å². The molecule has 0 saturated carbocycles. The van der Waals surface area contributed by atoms with E-state index in [1.165, 1.54) is 6.26 Å². The van der Waals surface area contributed by atoms with Crippen LogP contribution in [0.25, 0.3) is 0 Å². The van der Waals surface area contributed by atoms with Crippen LogP contribution in [0.2, 0.25) is 0 Å². The summed E-state index contributed by atoms with van der Waals surface area (Å²) in [6.45, 7) is 3.59. The maximum atomic E-state index is 13.4. The molecular weight excluding hydrogens is 519 g/mol. The number of carbonyl (C=O) groups excluding carboxylic acids is 4. The van der Waals surface area contributed by atoms with Crippen LogP contribution in [-0.2, 0) is 20.8 Å². The van der Waals surface area contributed by atoms with Crippen molar-refractivity contribution in [3.8, 4) is 0 Å². The Morgan fingerprint density at radius 1 is 1.10 bits per heavy atom. The number of carbonyl (C=O) groups is 4. The first-order valence-corrected chi connectivity index (χ1v) is 12.7. The molecule has 2 aromatic rings. The predicted molar refractivity (Wildman–Crippen MR) is 133 cm³/mol. The zero-order chi connectivity index (χ0) is 28.6. The summed E-state index contributed by atoms with van der Waals surface area (Å²) in [5.74, 6) is -3.55. The van der Waals surface area contributed by atoms with Gasteiger partial charge < -0.3 is 25.7 Å². The van der Waals surface area contributed by atoms with Gasteiger partial charge in [-0.1, -0.05) is 44.2 Å². The van der Waals surface area contributed by atoms with Crippen LogP contribution in [0.1, 0.15) is 67.5 Å². The van der Waals surface area contributed by atoms with Crippen LogP contribution in [0, 0.1) is 5.92 Å². The molecule has 4 amide bonds. The van der Waals surface area contributed by atoms with Crippen molar-refractivity contribution in [3.05, 3.63) is 53.7 Å². The number of rotatable bonds is 5. The average molecular weight is 552 g/mol. The topological polar surface area (TPSA) is 142 Å². The van der Waals surface area contributed by atoms with Gasteiger partial charge in [-0.3, -0.25) is 19.2 Å². The number of halogens is 3. The van der Waals surface area contributed by atoms with Crippen LogP contribution in [-0.4, -0.2) is 53.4 Å². The van der Waals surface area contributed by atoms with Crippen molar-refractivity contribution in [1.29, 1.82) is 0 Å². The van der Waals surface area contributed by atoms with Crippen molar-refractivity contribution < 1.29 is 36.8 Å². The van der Waals surface area contributed by atoms with Gasteiger partial charge in [0.05, 0.1) is 0 Å². The SMILES string of the molecule is CC(C)[C@@H]1NC(=O)[C@@H](NC(=O)CC(F)(F)F)CCCCNC(=O)c2coc(n2)[C@@H](Cc2ccccc2)NC1=O. The highest BCUT2D eigenvalue weighted by atomic mass is 19.4. The standard InChI is InChI=1S/C26H32F3N5O5/c1-15(2)21-24(38)32-18(12-16-8-4-3-5-9-16)25-33-19(14-39-25)22(36)30-11-7-6-10-17(23(37)34-21)31-20(35)13-26(27,28)29/h3-5,8-9,14-15,17-18,21H,6-7,10-13H2,1-2H3,(H,30,36)(H,31,35)(H,32,38)(H,34,37)/t17-,18+,21-/m0/s1. The third kappa shape index (κ3) is 9.11. The highest BCUT2D eigenvalue weighted by Gasteiger charge is 2.35. The molecule has 0 unspecified atom stereocenters. The number of hydrogen-bond acceptors (Lipinski definition) is 6. The number of amides is 4. The van der Waals surface area contributed by atoms with E-state index in [1.807, 2.05) is 30.3 Å². The molecule has 1 aromatic heterocycles. The lowest BCUT2D eigenvalue weighted by molar-refractivity contribution is -0.155. The van der Waals surface area contributed by atoms with Crippen molar-refractivity contribution >= 4 is 23.6 Å². The van der Waals surface area contributed by atoms with Gasteiger partial charge in [0.1, 0.15) is 30.8 Å². The molecule has 0 saturated heterocycles. The van der Waals surface area contributed by atoms with Gasteiger partial charge in [0.15, 0.2) is 5.69 Å². The molecule has 0 radical (unpaired) electrons. The molecule has 1 aliphatic heterocycles. The van der Waals surface area contributed by atoms with E-state index in [9.17, 15) is 32.3 Å². The minimum Gasteiger partial charge on any atom is -0.446 e. The first-order valence-electron chi connectivity index (χ1n) is 12.7. The lowest BCUT2D eigenvalue weighted by Gasteiger charge is -2.27. The van der Waals surface area contributed by atoms with Gasteiger partial charge in [-0.05, 0) is 30.7 Å². The Kier molecular flexibility index (Phi) is 10.1. The molecule has 3 rings (SSSR count). The zero-order valence-electron chi connectivity index (χ0n) is 21.6. The summed E-state index contributed by atoms with van der Waals surface area (Å²) in [6.07, 6.45) is -4.34. The number of nitrogens with one attached hydrogen (secondary N) is 4. The third-order valence-electron chi connectivity index (χ3n) is 6.12. The Hall–Kier alpha value is -3.90. The van der Waals surface area contributed by atoms with E-state index in [-0.39, 0.29) is 31.0 Å². The van der Waals surface area contributed by atoms with Crippen LogP contribution >= 0.6 is 0 Å². The summed E-state index contributed by atoms with van der Waals surface area (Å²) in [6, 6.07) is 6.00. The molecule has 39 heavy (non-hydrogen) atoms. The normalized spacial score (nSPS) is 21.6. The molecule has 3 atom stereocenters. The number of alkyl halides is 3. The quantitative estimate of drug-likeness (QED) is 0.450. The minimum atomic E-state index is -4.74. The second kappa shape index (κ2) is 13.3. The van der Waals surface area contributed by atoms with Crippen molar-refractivity contribution in [1.82, 2.24) is 26.3 Å². The van der Waals surface area contributed by atoms with Crippen molar-refractivity contribution in [2.24, 2.45) is 5.92 Å².